The Bertz CT molecular complexity index is 1410. The van der Waals surface area contributed by atoms with Crippen molar-refractivity contribution in [3.63, 3.8) is 0 Å². The van der Waals surface area contributed by atoms with Crippen molar-refractivity contribution >= 4 is 34.8 Å². The van der Waals surface area contributed by atoms with Crippen LogP contribution >= 0.6 is 22.9 Å². The van der Waals surface area contributed by atoms with Crippen LogP contribution in [0.5, 0.6) is 5.75 Å². The van der Waals surface area contributed by atoms with E-state index < -0.39 is 5.97 Å². The van der Waals surface area contributed by atoms with Crippen LogP contribution in [0.15, 0.2) is 60.7 Å². The largest absolute Gasteiger partial charge is 0.496 e. The van der Waals surface area contributed by atoms with Gasteiger partial charge in [0.05, 0.1) is 23.4 Å². The Morgan fingerprint density at radius 1 is 1.00 bits per heavy atom. The summed E-state index contributed by atoms with van der Waals surface area (Å²) in [5, 5.41) is 13.3. The number of carbonyl (C=O) groups excluding carboxylic acids is 1. The van der Waals surface area contributed by atoms with Crippen molar-refractivity contribution in [3.05, 3.63) is 92.9 Å². The maximum absolute atomic E-state index is 13.0. The van der Waals surface area contributed by atoms with Crippen molar-refractivity contribution in [2.75, 3.05) is 7.11 Å². The number of halogens is 1. The van der Waals surface area contributed by atoms with Crippen molar-refractivity contribution in [2.24, 2.45) is 0 Å². The summed E-state index contributed by atoms with van der Waals surface area (Å²) in [7, 11) is 1.56. The second-order valence-electron chi connectivity index (χ2n) is 8.01. The van der Waals surface area contributed by atoms with Crippen LogP contribution in [0.4, 0.5) is 0 Å². The summed E-state index contributed by atoms with van der Waals surface area (Å²) in [5.74, 6) is -0.698. The third-order valence-corrected chi connectivity index (χ3v) is 7.09. The quantitative estimate of drug-likeness (QED) is 0.303. The number of methoxy groups -OCH3 is 1. The van der Waals surface area contributed by atoms with Gasteiger partial charge in [-0.2, -0.15) is 0 Å². The predicted octanol–water partition coefficient (Wildman–Crippen LogP) is 6.38. The topological polar surface area (TPSA) is 88.5 Å². The number of carboxylic acid groups (broad SMARTS) is 1. The van der Waals surface area contributed by atoms with Crippen LogP contribution in [-0.4, -0.2) is 29.1 Å². The number of hydrogen-bond donors (Lipinski definition) is 2. The molecule has 6 nitrogen and oxygen atoms in total. The fourth-order valence-corrected chi connectivity index (χ4v) is 4.83. The highest BCUT2D eigenvalue weighted by Gasteiger charge is 2.17. The number of nitrogens with one attached hydrogen (secondary N) is 1. The number of benzene rings is 3. The van der Waals surface area contributed by atoms with Gasteiger partial charge >= 0.3 is 5.97 Å². The molecule has 178 valence electrons. The van der Waals surface area contributed by atoms with Crippen LogP contribution in [0.1, 0.15) is 36.9 Å². The molecular weight excluding hydrogens is 484 g/mol. The van der Waals surface area contributed by atoms with E-state index in [0.29, 0.717) is 21.9 Å². The maximum Gasteiger partial charge on any atom is 0.337 e. The molecule has 2 N–H and O–H groups in total. The van der Waals surface area contributed by atoms with Crippen molar-refractivity contribution in [1.29, 1.82) is 0 Å². The minimum Gasteiger partial charge on any atom is -0.496 e. The highest BCUT2D eigenvalue weighted by molar-refractivity contribution is 7.17. The minimum atomic E-state index is -1.09. The number of rotatable bonds is 7. The molecule has 0 atom stereocenters. The zero-order chi connectivity index (χ0) is 25.1. The molecule has 1 aromatic heterocycles. The number of aryl methyl sites for hydroxylation is 2. The van der Waals surface area contributed by atoms with E-state index in [-0.39, 0.29) is 23.0 Å². The number of amides is 1. The van der Waals surface area contributed by atoms with Crippen LogP contribution in [0.2, 0.25) is 5.02 Å². The van der Waals surface area contributed by atoms with Gasteiger partial charge in [-0.05, 0) is 49.2 Å². The van der Waals surface area contributed by atoms with Crippen LogP contribution < -0.4 is 10.1 Å². The van der Waals surface area contributed by atoms with Gasteiger partial charge in [0.1, 0.15) is 15.6 Å². The van der Waals surface area contributed by atoms with Gasteiger partial charge in [-0.25, -0.2) is 9.78 Å². The summed E-state index contributed by atoms with van der Waals surface area (Å²) in [5.41, 5.74) is 5.07. The van der Waals surface area contributed by atoms with E-state index >= 15 is 0 Å². The van der Waals surface area contributed by atoms with Crippen LogP contribution in [0.3, 0.4) is 0 Å². The Labute approximate surface area is 212 Å². The molecule has 1 amide bonds. The highest BCUT2D eigenvalue weighted by Crippen LogP contribution is 2.31. The summed E-state index contributed by atoms with van der Waals surface area (Å²) in [6.45, 7) is 4.08. The van der Waals surface area contributed by atoms with E-state index in [1.54, 1.807) is 25.3 Å². The molecule has 35 heavy (non-hydrogen) atoms. The lowest BCUT2D eigenvalue weighted by Gasteiger charge is -2.12. The zero-order valence-corrected chi connectivity index (χ0v) is 21.0. The maximum atomic E-state index is 13.0. The molecule has 8 heteroatoms. The molecule has 1 heterocycles. The molecule has 0 aliphatic carbocycles. The van der Waals surface area contributed by atoms with E-state index in [9.17, 15) is 14.7 Å². The third kappa shape index (κ3) is 5.37. The molecule has 3 aromatic carbocycles. The van der Waals surface area contributed by atoms with Gasteiger partial charge in [0.25, 0.3) is 5.91 Å². The average molecular weight is 507 g/mol. The van der Waals surface area contributed by atoms with Crippen molar-refractivity contribution < 1.29 is 19.4 Å². The number of aromatic carboxylic acids is 1. The van der Waals surface area contributed by atoms with Crippen LogP contribution in [0, 0.1) is 13.8 Å². The number of nitrogens with zero attached hydrogens (tertiary/aromatic N) is 1. The van der Waals surface area contributed by atoms with E-state index in [0.717, 1.165) is 27.3 Å². The molecule has 0 saturated carbocycles. The number of aromatic nitrogens is 1. The van der Waals surface area contributed by atoms with Crippen LogP contribution in [0.25, 0.3) is 21.7 Å². The molecule has 0 radical (unpaired) electrons. The number of carbonyl (C=O) groups is 2. The predicted molar refractivity (Wildman–Crippen MR) is 139 cm³/mol. The second kappa shape index (κ2) is 10.3. The Balaban J connectivity index is 1.56. The lowest BCUT2D eigenvalue weighted by atomic mass is 10.0. The SMILES string of the molecule is COc1ccc(-c2ccc(Cl)c(C(=O)O)c2)cc1CNC(=O)c1sc(-c2ccc(C)cc2)nc1C. The molecule has 0 aliphatic heterocycles. The lowest BCUT2D eigenvalue weighted by Crippen LogP contribution is -2.22. The van der Waals surface area contributed by atoms with E-state index in [2.05, 4.69) is 10.3 Å². The standard InChI is InChI=1S/C27H23ClN2O4S/c1-15-4-6-17(7-5-15)26-30-16(2)24(35-26)25(31)29-14-20-12-18(9-11-23(20)34-3)19-8-10-22(28)21(13-19)27(32)33/h4-13H,14H2,1-3H3,(H,29,31)(H,32,33). The Morgan fingerprint density at radius 3 is 2.34 bits per heavy atom. The normalized spacial score (nSPS) is 10.7. The summed E-state index contributed by atoms with van der Waals surface area (Å²) in [4.78, 5) is 29.6. The fraction of sp³-hybridized carbons (Fsp3) is 0.148. The van der Waals surface area contributed by atoms with E-state index in [4.69, 9.17) is 16.3 Å². The first kappa shape index (κ1) is 24.4. The summed E-state index contributed by atoms with van der Waals surface area (Å²) in [6, 6.07) is 18.4. The summed E-state index contributed by atoms with van der Waals surface area (Å²) < 4.78 is 5.47. The number of hydrogen-bond acceptors (Lipinski definition) is 5. The van der Waals surface area contributed by atoms with Gasteiger partial charge in [-0.15, -0.1) is 11.3 Å². The fourth-order valence-electron chi connectivity index (χ4n) is 3.65. The second-order valence-corrected chi connectivity index (χ2v) is 9.41. The first-order valence-corrected chi connectivity index (χ1v) is 12.0. The van der Waals surface area contributed by atoms with Gasteiger partial charge < -0.3 is 15.2 Å². The molecule has 4 rings (SSSR count). The van der Waals surface area contributed by atoms with E-state index in [1.807, 2.05) is 50.2 Å². The Kier molecular flexibility index (Phi) is 7.19. The smallest absolute Gasteiger partial charge is 0.337 e. The highest BCUT2D eigenvalue weighted by atomic mass is 35.5. The molecule has 4 aromatic rings. The number of thiazole rings is 1. The first-order valence-electron chi connectivity index (χ1n) is 10.8. The molecule has 0 saturated heterocycles. The van der Waals surface area contributed by atoms with Gasteiger partial charge in [0, 0.05) is 17.7 Å². The summed E-state index contributed by atoms with van der Waals surface area (Å²) in [6.07, 6.45) is 0. The Hall–Kier alpha value is -3.68. The minimum absolute atomic E-state index is 0.0277. The molecule has 0 bridgehead atoms. The van der Waals surface area contributed by atoms with Gasteiger partial charge in [0.15, 0.2) is 0 Å². The molecular formula is C27H23ClN2O4S. The summed E-state index contributed by atoms with van der Waals surface area (Å²) >= 11 is 7.36. The van der Waals surface area contributed by atoms with Gasteiger partial charge in [-0.1, -0.05) is 53.6 Å². The molecule has 0 fully saturated rings. The molecule has 0 unspecified atom stereocenters. The van der Waals surface area contributed by atoms with Crippen molar-refractivity contribution in [3.8, 4) is 27.4 Å². The first-order chi connectivity index (χ1) is 16.8. The van der Waals surface area contributed by atoms with Gasteiger partial charge in [-0.3, -0.25) is 4.79 Å². The van der Waals surface area contributed by atoms with Crippen molar-refractivity contribution in [1.82, 2.24) is 10.3 Å². The van der Waals surface area contributed by atoms with Crippen molar-refractivity contribution in [2.45, 2.75) is 20.4 Å². The van der Waals surface area contributed by atoms with Gasteiger partial charge in [0.2, 0.25) is 0 Å². The van der Waals surface area contributed by atoms with E-state index in [1.165, 1.54) is 17.4 Å². The monoisotopic (exact) mass is 506 g/mol. The number of ether oxygens (including phenoxy) is 1. The lowest BCUT2D eigenvalue weighted by molar-refractivity contribution is 0.0696. The van der Waals surface area contributed by atoms with Crippen LogP contribution in [-0.2, 0) is 6.54 Å². The molecule has 0 aliphatic rings. The zero-order valence-electron chi connectivity index (χ0n) is 19.4. The average Bonchev–Trinajstić information content (AvgIpc) is 3.24. The third-order valence-electron chi connectivity index (χ3n) is 5.55. The molecule has 0 spiro atoms. The Morgan fingerprint density at radius 2 is 1.66 bits per heavy atom. The number of carboxylic acids is 1.